The van der Waals surface area contributed by atoms with E-state index in [0.29, 0.717) is 5.75 Å². The molecule has 3 atom stereocenters. The second kappa shape index (κ2) is 7.96. The Morgan fingerprint density at radius 2 is 2.04 bits per heavy atom. The Hall–Kier alpha value is -1.96. The first-order valence-corrected chi connectivity index (χ1v) is 11.3. The van der Waals surface area contributed by atoms with Gasteiger partial charge < -0.3 is 15.4 Å². The maximum Gasteiger partial charge on any atom is 0.242 e. The number of nitriles is 1. The van der Waals surface area contributed by atoms with Crippen LogP contribution in [0.4, 0.5) is 0 Å². The summed E-state index contributed by atoms with van der Waals surface area (Å²) in [5.74, 6) is -0.780. The van der Waals surface area contributed by atoms with Gasteiger partial charge in [0.1, 0.15) is 23.7 Å². The van der Waals surface area contributed by atoms with Gasteiger partial charge in [-0.05, 0) is 31.5 Å². The number of benzene rings is 1. The molecule has 10 heteroatoms. The molecule has 0 bridgehead atoms. The van der Waals surface area contributed by atoms with E-state index >= 15 is 0 Å². The molecule has 2 rings (SSSR count). The lowest BCUT2D eigenvalue weighted by Gasteiger charge is -2.33. The van der Waals surface area contributed by atoms with Crippen LogP contribution < -0.4 is 10.5 Å². The number of hydrogen-bond donors (Lipinski definition) is 1. The van der Waals surface area contributed by atoms with E-state index in [4.69, 9.17) is 15.7 Å². The lowest BCUT2D eigenvalue weighted by atomic mass is 10.0. The number of amides is 1. The molecule has 1 aliphatic heterocycles. The van der Waals surface area contributed by atoms with Crippen molar-refractivity contribution in [2.24, 2.45) is 5.73 Å². The maximum absolute atomic E-state index is 12.9. The molecule has 0 aliphatic carbocycles. The Labute approximate surface area is 161 Å². The molecule has 1 saturated heterocycles. The van der Waals surface area contributed by atoms with E-state index in [1.165, 1.54) is 0 Å². The van der Waals surface area contributed by atoms with Crippen LogP contribution in [0, 0.1) is 11.3 Å². The van der Waals surface area contributed by atoms with Crippen molar-refractivity contribution in [3.63, 3.8) is 0 Å². The molecule has 1 heterocycles. The minimum Gasteiger partial charge on any atom is -0.497 e. The molecule has 0 aromatic heterocycles. The van der Waals surface area contributed by atoms with Crippen LogP contribution in [0.3, 0.4) is 0 Å². The van der Waals surface area contributed by atoms with E-state index in [0.717, 1.165) is 10.5 Å². The molecule has 1 aromatic rings. The van der Waals surface area contributed by atoms with Crippen molar-refractivity contribution in [2.45, 2.75) is 36.4 Å². The number of nitrogens with two attached hydrogens (primary N) is 1. The van der Waals surface area contributed by atoms with Gasteiger partial charge in [-0.3, -0.25) is 9.00 Å². The molecule has 1 aromatic carbocycles. The number of methoxy groups -OCH3 is 1. The number of carbonyl (C=O) groups is 1. The molecule has 1 fully saturated rings. The van der Waals surface area contributed by atoms with Crippen LogP contribution in [-0.4, -0.2) is 59.0 Å². The van der Waals surface area contributed by atoms with E-state index < -0.39 is 55.0 Å². The third-order valence-corrected chi connectivity index (χ3v) is 8.13. The van der Waals surface area contributed by atoms with Crippen LogP contribution in [0.5, 0.6) is 5.75 Å². The zero-order chi connectivity index (χ0) is 20.4. The average molecular weight is 414 g/mol. The van der Waals surface area contributed by atoms with Gasteiger partial charge in [0.15, 0.2) is 9.84 Å². The summed E-state index contributed by atoms with van der Waals surface area (Å²) in [5.41, 5.74) is 6.86. The summed E-state index contributed by atoms with van der Waals surface area (Å²) in [7, 11) is -3.49. The van der Waals surface area contributed by atoms with E-state index in [1.54, 1.807) is 45.2 Å². The molecule has 27 heavy (non-hydrogen) atoms. The van der Waals surface area contributed by atoms with Crippen molar-refractivity contribution in [1.29, 1.82) is 5.26 Å². The van der Waals surface area contributed by atoms with Crippen LogP contribution in [0.1, 0.15) is 19.4 Å². The highest BCUT2D eigenvalue weighted by atomic mass is 32.2. The molecular formula is C17H23N3O5S2. The lowest BCUT2D eigenvalue weighted by molar-refractivity contribution is -0.132. The highest BCUT2D eigenvalue weighted by Gasteiger charge is 2.45. The fourth-order valence-electron chi connectivity index (χ4n) is 2.69. The summed E-state index contributed by atoms with van der Waals surface area (Å²) in [5, 5.41) is 9.13. The monoisotopic (exact) mass is 413 g/mol. The number of nitrogens with zero attached hydrogens (tertiary/aromatic N) is 2. The van der Waals surface area contributed by atoms with Crippen LogP contribution in [-0.2, 0) is 31.2 Å². The first-order chi connectivity index (χ1) is 12.5. The van der Waals surface area contributed by atoms with Gasteiger partial charge in [0, 0.05) is 16.6 Å². The summed E-state index contributed by atoms with van der Waals surface area (Å²) in [4.78, 5) is 13.7. The zero-order valence-electron chi connectivity index (χ0n) is 15.4. The standard InChI is InChI=1S/C17H23N3O5S2/c1-17(2,26(22)9-12-4-6-14(25-3)7-5-12)15(19)16(21)20-11-27(23,24)10-13(20)8-18/h4-7,13,15H,9-11,19H2,1-3H3/t13-,15-,26?/m1/s1. The predicted molar refractivity (Wildman–Crippen MR) is 102 cm³/mol. The third kappa shape index (κ3) is 4.66. The van der Waals surface area contributed by atoms with Gasteiger partial charge in [0.2, 0.25) is 5.91 Å². The Morgan fingerprint density at radius 1 is 1.44 bits per heavy atom. The van der Waals surface area contributed by atoms with Gasteiger partial charge in [-0.2, -0.15) is 5.26 Å². The van der Waals surface area contributed by atoms with Gasteiger partial charge in [0.05, 0.1) is 23.7 Å². The number of carbonyl (C=O) groups excluding carboxylic acids is 1. The van der Waals surface area contributed by atoms with E-state index in [1.807, 2.05) is 6.07 Å². The third-order valence-electron chi connectivity index (χ3n) is 4.61. The first kappa shape index (κ1) is 21.3. The molecule has 0 radical (unpaired) electrons. The fraction of sp³-hybridized carbons (Fsp3) is 0.529. The SMILES string of the molecule is COc1ccc(CS(=O)C(C)(C)[C@H](N)C(=O)N2CS(=O)(=O)C[C@H]2C#N)cc1. The summed E-state index contributed by atoms with van der Waals surface area (Å²) >= 11 is 0. The molecule has 0 saturated carbocycles. The van der Waals surface area contributed by atoms with Crippen molar-refractivity contribution in [1.82, 2.24) is 4.90 Å². The Morgan fingerprint density at radius 3 is 2.56 bits per heavy atom. The molecule has 2 N–H and O–H groups in total. The first-order valence-electron chi connectivity index (χ1n) is 8.19. The smallest absolute Gasteiger partial charge is 0.242 e. The Balaban J connectivity index is 2.15. The summed E-state index contributed by atoms with van der Waals surface area (Å²) in [6.45, 7) is 3.20. The molecular weight excluding hydrogens is 390 g/mol. The highest BCUT2D eigenvalue weighted by molar-refractivity contribution is 7.91. The minimum absolute atomic E-state index is 0.179. The number of ether oxygens (including phenoxy) is 1. The minimum atomic E-state index is -3.52. The van der Waals surface area contributed by atoms with Crippen LogP contribution in [0.25, 0.3) is 0 Å². The predicted octanol–water partition coefficient (Wildman–Crippen LogP) is 0.156. The topological polar surface area (TPSA) is 131 Å². The summed E-state index contributed by atoms with van der Waals surface area (Å²) < 4.78 is 40.4. The van der Waals surface area contributed by atoms with Crippen LogP contribution in [0.2, 0.25) is 0 Å². The highest BCUT2D eigenvalue weighted by Crippen LogP contribution is 2.25. The molecule has 0 spiro atoms. The van der Waals surface area contributed by atoms with Gasteiger partial charge in [-0.15, -0.1) is 0 Å². The Kier molecular flexibility index (Phi) is 6.29. The van der Waals surface area contributed by atoms with Gasteiger partial charge in [0.25, 0.3) is 0 Å². The quantitative estimate of drug-likeness (QED) is 0.703. The van der Waals surface area contributed by atoms with Crippen LogP contribution >= 0.6 is 0 Å². The van der Waals surface area contributed by atoms with E-state index in [2.05, 4.69) is 0 Å². The zero-order valence-corrected chi connectivity index (χ0v) is 17.0. The second-order valence-corrected chi connectivity index (χ2v) is 11.0. The fourth-order valence-corrected chi connectivity index (χ4v) is 5.51. The number of rotatable bonds is 6. The second-order valence-electron chi connectivity index (χ2n) is 6.91. The van der Waals surface area contributed by atoms with Gasteiger partial charge >= 0.3 is 0 Å². The van der Waals surface area contributed by atoms with Gasteiger partial charge in [-0.1, -0.05) is 12.1 Å². The van der Waals surface area contributed by atoms with Crippen molar-refractivity contribution in [3.8, 4) is 11.8 Å². The molecule has 1 amide bonds. The van der Waals surface area contributed by atoms with E-state index in [9.17, 15) is 17.4 Å². The average Bonchev–Trinajstić information content (AvgIpc) is 2.95. The molecule has 1 unspecified atom stereocenters. The maximum atomic E-state index is 12.9. The Bertz CT molecular complexity index is 875. The van der Waals surface area contributed by atoms with Crippen molar-refractivity contribution in [3.05, 3.63) is 29.8 Å². The van der Waals surface area contributed by atoms with Gasteiger partial charge in [-0.25, -0.2) is 8.42 Å². The van der Waals surface area contributed by atoms with Crippen molar-refractivity contribution >= 4 is 26.5 Å². The lowest BCUT2D eigenvalue weighted by Crippen LogP contribution is -2.57. The van der Waals surface area contributed by atoms with Crippen LogP contribution in [0.15, 0.2) is 24.3 Å². The number of hydrogen-bond acceptors (Lipinski definition) is 7. The normalized spacial score (nSPS) is 21.3. The van der Waals surface area contributed by atoms with E-state index in [-0.39, 0.29) is 5.75 Å². The molecule has 1 aliphatic rings. The largest absolute Gasteiger partial charge is 0.497 e. The van der Waals surface area contributed by atoms with Crippen molar-refractivity contribution in [2.75, 3.05) is 18.7 Å². The molecule has 8 nitrogen and oxygen atoms in total. The summed E-state index contributed by atoms with van der Waals surface area (Å²) in [6, 6.07) is 6.59. The van der Waals surface area contributed by atoms with Crippen molar-refractivity contribution < 1.29 is 22.2 Å². The molecule has 148 valence electrons. The number of sulfone groups is 1. The summed E-state index contributed by atoms with van der Waals surface area (Å²) in [6.07, 6.45) is 0.